The molecule has 1 heterocycles. The first-order chi connectivity index (χ1) is 16.1. The molecule has 6 nitrogen and oxygen atoms in total. The van der Waals surface area contributed by atoms with E-state index < -0.39 is 41.7 Å². The van der Waals surface area contributed by atoms with E-state index in [1.54, 1.807) is 0 Å². The van der Waals surface area contributed by atoms with Crippen molar-refractivity contribution in [3.8, 4) is 11.4 Å². The van der Waals surface area contributed by atoms with E-state index >= 15 is 0 Å². The van der Waals surface area contributed by atoms with Crippen LogP contribution in [0.4, 0.5) is 27.6 Å². The van der Waals surface area contributed by atoms with Crippen molar-refractivity contribution in [2.24, 2.45) is 0 Å². The summed E-state index contributed by atoms with van der Waals surface area (Å²) >= 11 is 0. The number of aliphatic hydroxyl groups is 1. The van der Waals surface area contributed by atoms with Crippen LogP contribution in [0.2, 0.25) is 0 Å². The van der Waals surface area contributed by atoms with Gasteiger partial charge < -0.3 is 15.2 Å². The van der Waals surface area contributed by atoms with Crippen LogP contribution < -0.4 is 10.1 Å². The van der Waals surface area contributed by atoms with Gasteiger partial charge in [-0.15, -0.1) is 0 Å². The molecule has 34 heavy (non-hydrogen) atoms. The van der Waals surface area contributed by atoms with Gasteiger partial charge in [-0.3, -0.25) is 9.36 Å². The van der Waals surface area contributed by atoms with Crippen molar-refractivity contribution in [1.29, 1.82) is 0 Å². The number of alkyl halides is 3. The third-order valence-electron chi connectivity index (χ3n) is 5.06. The van der Waals surface area contributed by atoms with Crippen LogP contribution in [-0.4, -0.2) is 27.7 Å². The third kappa shape index (κ3) is 4.17. The number of ether oxygens (including phenoxy) is 1. The van der Waals surface area contributed by atoms with Crippen LogP contribution >= 0.6 is 0 Å². The lowest BCUT2D eigenvalue weighted by Crippen LogP contribution is -2.15. The molecule has 0 bridgehead atoms. The molecule has 4 rings (SSSR count). The van der Waals surface area contributed by atoms with Gasteiger partial charge in [0.2, 0.25) is 5.82 Å². The van der Waals surface area contributed by atoms with Gasteiger partial charge in [-0.2, -0.15) is 13.2 Å². The summed E-state index contributed by atoms with van der Waals surface area (Å²) in [6, 6.07) is 11.0. The molecule has 0 aliphatic rings. The Morgan fingerprint density at radius 1 is 1.12 bits per heavy atom. The molecule has 11 heteroatoms. The predicted molar refractivity (Wildman–Crippen MR) is 113 cm³/mol. The first-order valence-corrected chi connectivity index (χ1v) is 9.77. The van der Waals surface area contributed by atoms with Crippen LogP contribution in [-0.2, 0) is 12.8 Å². The maximum atomic E-state index is 13.8. The van der Waals surface area contributed by atoms with Crippen LogP contribution in [0.25, 0.3) is 16.7 Å². The fourth-order valence-corrected chi connectivity index (χ4v) is 3.48. The number of carbonyl (C=O) groups is 1. The van der Waals surface area contributed by atoms with Crippen molar-refractivity contribution in [2.45, 2.75) is 12.8 Å². The first kappa shape index (κ1) is 23.2. The quantitative estimate of drug-likeness (QED) is 0.394. The van der Waals surface area contributed by atoms with Crippen molar-refractivity contribution >= 4 is 22.6 Å². The van der Waals surface area contributed by atoms with E-state index in [1.165, 1.54) is 49.6 Å². The monoisotopic (exact) mass is 477 g/mol. The highest BCUT2D eigenvalue weighted by molar-refractivity contribution is 6.04. The van der Waals surface area contributed by atoms with Gasteiger partial charge in [0.05, 0.1) is 30.3 Å². The van der Waals surface area contributed by atoms with Crippen molar-refractivity contribution in [1.82, 2.24) is 9.55 Å². The van der Waals surface area contributed by atoms with E-state index in [-0.39, 0.29) is 33.7 Å². The lowest BCUT2D eigenvalue weighted by Gasteiger charge is -2.13. The van der Waals surface area contributed by atoms with Crippen LogP contribution in [0.15, 0.2) is 54.6 Å². The van der Waals surface area contributed by atoms with E-state index in [0.29, 0.717) is 0 Å². The molecule has 4 aromatic rings. The van der Waals surface area contributed by atoms with Crippen molar-refractivity contribution in [3.05, 3.63) is 83.2 Å². The molecule has 0 spiro atoms. The van der Waals surface area contributed by atoms with E-state index in [2.05, 4.69) is 10.3 Å². The second kappa shape index (κ2) is 8.75. The highest BCUT2D eigenvalue weighted by Gasteiger charge is 2.38. The molecule has 0 saturated carbocycles. The molecule has 0 unspecified atom stereocenters. The topological polar surface area (TPSA) is 76.4 Å². The molecule has 1 amide bonds. The van der Waals surface area contributed by atoms with Crippen LogP contribution in [0.1, 0.15) is 21.7 Å². The average molecular weight is 477 g/mol. The second-order valence-corrected chi connectivity index (χ2v) is 7.18. The molecule has 0 fully saturated rings. The molecular formula is C23H16F5N3O3. The largest absolute Gasteiger partial charge is 0.496 e. The zero-order valence-electron chi connectivity index (χ0n) is 17.5. The standard InChI is InChI=1S/C23H16F5N3O3/c1-34-19-10-18-17(9-12(19)11-32)30-22(23(26,27)28)31(18)14-7-5-13(6-8-14)29-21(33)15-3-2-4-16(24)20(15)25/h2-10,32H,11H2,1H3,(H,29,33). The molecule has 2 N–H and O–H groups in total. The van der Waals surface area contributed by atoms with Gasteiger partial charge in [0.15, 0.2) is 11.6 Å². The van der Waals surface area contributed by atoms with Gasteiger partial charge in [0, 0.05) is 23.0 Å². The molecule has 0 radical (unpaired) electrons. The Balaban J connectivity index is 1.74. The van der Waals surface area contributed by atoms with Crippen molar-refractivity contribution in [3.63, 3.8) is 0 Å². The Morgan fingerprint density at radius 3 is 2.44 bits per heavy atom. The number of nitrogens with zero attached hydrogens (tertiary/aromatic N) is 2. The molecule has 3 aromatic carbocycles. The summed E-state index contributed by atoms with van der Waals surface area (Å²) in [5, 5.41) is 11.8. The molecule has 0 aliphatic heterocycles. The minimum atomic E-state index is -4.80. The average Bonchev–Trinajstić information content (AvgIpc) is 3.19. The zero-order chi connectivity index (χ0) is 24.6. The molecule has 176 valence electrons. The highest BCUT2D eigenvalue weighted by atomic mass is 19.4. The maximum Gasteiger partial charge on any atom is 0.450 e. The minimum absolute atomic E-state index is 0.00358. The van der Waals surface area contributed by atoms with Gasteiger partial charge in [0.1, 0.15) is 5.75 Å². The number of rotatable bonds is 5. The Morgan fingerprint density at radius 2 is 1.82 bits per heavy atom. The summed E-state index contributed by atoms with van der Waals surface area (Å²) < 4.78 is 74.5. The maximum absolute atomic E-state index is 13.8. The summed E-state index contributed by atoms with van der Waals surface area (Å²) in [7, 11) is 1.32. The predicted octanol–water partition coefficient (Wildman–Crippen LogP) is 5.08. The number of aromatic nitrogens is 2. The molecule has 0 aliphatic carbocycles. The number of benzene rings is 3. The van der Waals surface area contributed by atoms with E-state index in [9.17, 15) is 31.9 Å². The summed E-state index contributed by atoms with van der Waals surface area (Å²) in [5.41, 5.74) is 0.0575. The number of fused-ring (bicyclic) bond motifs is 1. The SMILES string of the molecule is COc1cc2c(cc1CO)nc(C(F)(F)F)n2-c1ccc(NC(=O)c2cccc(F)c2F)cc1. The fraction of sp³-hybridized carbons (Fsp3) is 0.130. The van der Waals surface area contributed by atoms with E-state index in [1.807, 2.05) is 0 Å². The van der Waals surface area contributed by atoms with Crippen molar-refractivity contribution < 1.29 is 36.6 Å². The number of nitrogens with one attached hydrogen (secondary N) is 1. The smallest absolute Gasteiger partial charge is 0.450 e. The van der Waals surface area contributed by atoms with Gasteiger partial charge in [-0.1, -0.05) is 6.07 Å². The zero-order valence-corrected chi connectivity index (χ0v) is 17.5. The highest BCUT2D eigenvalue weighted by Crippen LogP contribution is 2.36. The summed E-state index contributed by atoms with van der Waals surface area (Å²) in [4.78, 5) is 16.0. The van der Waals surface area contributed by atoms with Crippen LogP contribution in [0.5, 0.6) is 5.75 Å². The lowest BCUT2D eigenvalue weighted by atomic mass is 10.1. The van der Waals surface area contributed by atoms with Gasteiger partial charge in [-0.05, 0) is 42.5 Å². The number of halogens is 5. The normalized spacial score (nSPS) is 11.6. The number of imidazole rings is 1. The van der Waals surface area contributed by atoms with E-state index in [4.69, 9.17) is 4.74 Å². The van der Waals surface area contributed by atoms with Gasteiger partial charge >= 0.3 is 6.18 Å². The van der Waals surface area contributed by atoms with Crippen LogP contribution in [0, 0.1) is 11.6 Å². The van der Waals surface area contributed by atoms with Gasteiger partial charge in [0.25, 0.3) is 5.91 Å². The molecule has 1 aromatic heterocycles. The Labute approximate surface area is 189 Å². The number of amides is 1. The third-order valence-corrected chi connectivity index (χ3v) is 5.06. The minimum Gasteiger partial charge on any atom is -0.496 e. The molecule has 0 saturated heterocycles. The van der Waals surface area contributed by atoms with Crippen molar-refractivity contribution in [2.75, 3.05) is 12.4 Å². The lowest BCUT2D eigenvalue weighted by molar-refractivity contribution is -0.145. The first-order valence-electron chi connectivity index (χ1n) is 9.77. The van der Waals surface area contributed by atoms with E-state index in [0.717, 1.165) is 16.7 Å². The fourth-order valence-electron chi connectivity index (χ4n) is 3.48. The van der Waals surface area contributed by atoms with Crippen LogP contribution in [0.3, 0.4) is 0 Å². The Hall–Kier alpha value is -3.99. The number of methoxy groups -OCH3 is 1. The number of aliphatic hydroxyl groups excluding tert-OH is 1. The molecular weight excluding hydrogens is 461 g/mol. The Bertz CT molecular complexity index is 1380. The molecule has 0 atom stereocenters. The summed E-state index contributed by atoms with van der Waals surface area (Å²) in [6.07, 6.45) is -4.80. The Kier molecular flexibility index (Phi) is 5.96. The number of hydrogen-bond donors (Lipinski definition) is 2. The summed E-state index contributed by atoms with van der Waals surface area (Å²) in [6.45, 7) is -0.451. The summed E-state index contributed by atoms with van der Waals surface area (Å²) in [5.74, 6) is -4.43. The second-order valence-electron chi connectivity index (χ2n) is 7.18. The number of hydrogen-bond acceptors (Lipinski definition) is 4. The van der Waals surface area contributed by atoms with Gasteiger partial charge in [-0.25, -0.2) is 13.8 Å². The number of carbonyl (C=O) groups excluding carboxylic acids is 1. The number of anilines is 1.